The number of nitrogens with one attached hydrogen (secondary N) is 2. The van der Waals surface area contributed by atoms with E-state index in [-0.39, 0.29) is 5.82 Å². The lowest BCUT2D eigenvalue weighted by atomic mass is 10.2. The molecule has 0 fully saturated rings. The zero-order chi connectivity index (χ0) is 21.0. The van der Waals surface area contributed by atoms with Gasteiger partial charge in [-0.05, 0) is 45.4 Å². The fourth-order valence-electron chi connectivity index (χ4n) is 2.54. The normalized spacial score (nSPS) is 11.2. The van der Waals surface area contributed by atoms with Gasteiger partial charge >= 0.3 is 12.1 Å². The molecule has 152 valence electrons. The quantitative estimate of drug-likeness (QED) is 0.697. The molecule has 0 aliphatic carbocycles. The predicted molar refractivity (Wildman–Crippen MR) is 109 cm³/mol. The number of rotatable bonds is 4. The third-order valence-corrected chi connectivity index (χ3v) is 3.90. The van der Waals surface area contributed by atoms with E-state index in [1.54, 1.807) is 27.0 Å². The number of aryl methyl sites for hydroxylation is 1. The Hall–Kier alpha value is -3.62. The summed E-state index contributed by atoms with van der Waals surface area (Å²) in [5, 5.41) is 9.32. The van der Waals surface area contributed by atoms with Crippen LogP contribution in [-0.4, -0.2) is 37.1 Å². The van der Waals surface area contributed by atoms with Crippen molar-refractivity contribution >= 4 is 23.6 Å². The molecule has 0 saturated carbocycles. The minimum absolute atomic E-state index is 0.237. The lowest BCUT2D eigenvalue weighted by molar-refractivity contribution is 0.0515. The Balaban J connectivity index is 1.54. The van der Waals surface area contributed by atoms with Gasteiger partial charge in [0.15, 0.2) is 5.82 Å². The lowest BCUT2D eigenvalue weighted by Gasteiger charge is -2.18. The molecule has 3 rings (SSSR count). The first kappa shape index (κ1) is 20.1. The fourth-order valence-corrected chi connectivity index (χ4v) is 2.54. The minimum atomic E-state index is -0.628. The Morgan fingerprint density at radius 2 is 1.79 bits per heavy atom. The van der Waals surface area contributed by atoms with E-state index in [2.05, 4.69) is 20.7 Å². The molecule has 0 atom stereocenters. The average molecular weight is 396 g/mol. The molecule has 0 aliphatic rings. The summed E-state index contributed by atoms with van der Waals surface area (Å²) < 4.78 is 8.29. The van der Waals surface area contributed by atoms with Crippen LogP contribution >= 0.6 is 0 Å². The molecule has 2 heterocycles. The Labute approximate surface area is 168 Å². The van der Waals surface area contributed by atoms with E-state index in [1.165, 1.54) is 12.3 Å². The third kappa shape index (κ3) is 5.68. The highest BCUT2D eigenvalue weighted by atomic mass is 16.6. The molecule has 2 N–H and O–H groups in total. The summed E-state index contributed by atoms with van der Waals surface area (Å²) in [6, 6.07) is 8.57. The van der Waals surface area contributed by atoms with Gasteiger partial charge in [-0.3, -0.25) is 5.32 Å². The van der Waals surface area contributed by atoms with Gasteiger partial charge in [-0.15, -0.1) is 5.10 Å². The Bertz CT molecular complexity index is 998. The topological polar surface area (TPSA) is 103 Å². The summed E-state index contributed by atoms with van der Waals surface area (Å²) in [5.41, 5.74) is 1.10. The Morgan fingerprint density at radius 1 is 1.07 bits per heavy atom. The van der Waals surface area contributed by atoms with E-state index >= 15 is 0 Å². The van der Waals surface area contributed by atoms with Crippen LogP contribution in [0.15, 0.2) is 48.9 Å². The van der Waals surface area contributed by atoms with Crippen LogP contribution in [0.4, 0.5) is 21.1 Å². The van der Waals surface area contributed by atoms with Crippen LogP contribution < -0.4 is 10.6 Å². The number of hydrogen-bond donors (Lipinski definition) is 2. The standard InChI is InChI=1S/C20H24N6O3/c1-14-21-10-12-25(14)13-15-5-7-16(8-6-15)22-18(27)23-17-9-11-26(24-17)19(28)29-20(2,3)4/h5-12H,13H2,1-4H3,(H2,22,23,24,27). The van der Waals surface area contributed by atoms with Gasteiger partial charge in [-0.25, -0.2) is 14.6 Å². The molecule has 1 aromatic carbocycles. The van der Waals surface area contributed by atoms with Crippen molar-refractivity contribution in [2.45, 2.75) is 39.8 Å². The van der Waals surface area contributed by atoms with Crippen molar-refractivity contribution in [3.63, 3.8) is 0 Å². The predicted octanol–water partition coefficient (Wildman–Crippen LogP) is 3.86. The van der Waals surface area contributed by atoms with Crippen LogP contribution in [0.25, 0.3) is 0 Å². The van der Waals surface area contributed by atoms with E-state index in [1.807, 2.05) is 42.0 Å². The molecule has 2 amide bonds. The van der Waals surface area contributed by atoms with Crippen molar-refractivity contribution in [1.29, 1.82) is 0 Å². The minimum Gasteiger partial charge on any atom is -0.442 e. The second-order valence-electron chi connectivity index (χ2n) is 7.50. The second kappa shape index (κ2) is 8.17. The van der Waals surface area contributed by atoms with Crippen LogP contribution in [0.2, 0.25) is 0 Å². The smallest absolute Gasteiger partial charge is 0.435 e. The van der Waals surface area contributed by atoms with Crippen molar-refractivity contribution in [3.8, 4) is 0 Å². The molecular weight excluding hydrogens is 372 g/mol. The first-order chi connectivity index (χ1) is 13.7. The number of hydrogen-bond acceptors (Lipinski definition) is 5. The van der Waals surface area contributed by atoms with Crippen molar-refractivity contribution < 1.29 is 14.3 Å². The molecule has 3 aromatic rings. The summed E-state index contributed by atoms with van der Waals surface area (Å²) >= 11 is 0. The van der Waals surface area contributed by atoms with E-state index < -0.39 is 17.7 Å². The number of urea groups is 1. The third-order valence-electron chi connectivity index (χ3n) is 3.90. The van der Waals surface area contributed by atoms with Crippen molar-refractivity contribution in [2.75, 3.05) is 10.6 Å². The largest absolute Gasteiger partial charge is 0.442 e. The van der Waals surface area contributed by atoms with Gasteiger partial charge in [0.25, 0.3) is 0 Å². The highest BCUT2D eigenvalue weighted by molar-refractivity contribution is 5.99. The summed E-state index contributed by atoms with van der Waals surface area (Å²) in [6.45, 7) is 7.96. The Kier molecular flexibility index (Phi) is 5.67. The molecule has 0 aliphatic heterocycles. The van der Waals surface area contributed by atoms with Crippen LogP contribution in [-0.2, 0) is 11.3 Å². The summed E-state index contributed by atoms with van der Waals surface area (Å²) in [4.78, 5) is 28.3. The maximum Gasteiger partial charge on any atom is 0.435 e. The number of benzene rings is 1. The molecule has 0 bridgehead atoms. The molecule has 9 heteroatoms. The van der Waals surface area contributed by atoms with E-state index in [9.17, 15) is 9.59 Å². The maximum atomic E-state index is 12.2. The second-order valence-corrected chi connectivity index (χ2v) is 7.50. The zero-order valence-electron chi connectivity index (χ0n) is 16.8. The highest BCUT2D eigenvalue weighted by Gasteiger charge is 2.18. The molecule has 0 unspecified atom stereocenters. The van der Waals surface area contributed by atoms with Crippen LogP contribution in [0.1, 0.15) is 32.2 Å². The summed E-state index contributed by atoms with van der Waals surface area (Å²) in [5.74, 6) is 1.18. The highest BCUT2D eigenvalue weighted by Crippen LogP contribution is 2.13. The molecule has 0 radical (unpaired) electrons. The number of carbonyl (C=O) groups excluding carboxylic acids is 2. The van der Waals surface area contributed by atoms with Gasteiger partial charge in [-0.2, -0.15) is 4.68 Å². The molecule has 9 nitrogen and oxygen atoms in total. The van der Waals surface area contributed by atoms with E-state index in [0.717, 1.165) is 16.1 Å². The molecule has 2 aromatic heterocycles. The number of imidazole rings is 1. The molecule has 29 heavy (non-hydrogen) atoms. The summed E-state index contributed by atoms with van der Waals surface area (Å²) in [7, 11) is 0. The van der Waals surface area contributed by atoms with Gasteiger partial charge < -0.3 is 14.6 Å². The van der Waals surface area contributed by atoms with Crippen molar-refractivity contribution in [2.24, 2.45) is 0 Å². The molecular formula is C20H24N6O3. The van der Waals surface area contributed by atoms with Gasteiger partial charge in [0.1, 0.15) is 11.4 Å². The van der Waals surface area contributed by atoms with Gasteiger partial charge in [0.2, 0.25) is 0 Å². The van der Waals surface area contributed by atoms with E-state index in [0.29, 0.717) is 12.2 Å². The van der Waals surface area contributed by atoms with Crippen molar-refractivity contribution in [3.05, 3.63) is 60.3 Å². The maximum absolute atomic E-state index is 12.2. The average Bonchev–Trinajstić information content (AvgIpc) is 3.25. The van der Waals surface area contributed by atoms with Crippen LogP contribution in [0, 0.1) is 6.92 Å². The van der Waals surface area contributed by atoms with Crippen molar-refractivity contribution in [1.82, 2.24) is 19.3 Å². The first-order valence-electron chi connectivity index (χ1n) is 9.13. The number of carbonyl (C=O) groups is 2. The number of ether oxygens (including phenoxy) is 1. The van der Waals surface area contributed by atoms with Gasteiger partial charge in [0.05, 0.1) is 0 Å². The number of aromatic nitrogens is 4. The Morgan fingerprint density at radius 3 is 2.41 bits per heavy atom. The molecule has 0 saturated heterocycles. The van der Waals surface area contributed by atoms with E-state index in [4.69, 9.17) is 4.74 Å². The SMILES string of the molecule is Cc1nccn1Cc1ccc(NC(=O)Nc2ccn(C(=O)OC(C)(C)C)n2)cc1. The van der Waals surface area contributed by atoms with Gasteiger partial charge in [0, 0.05) is 36.9 Å². The zero-order valence-corrected chi connectivity index (χ0v) is 16.8. The summed E-state index contributed by atoms with van der Waals surface area (Å²) in [6.07, 6.45) is 4.50. The number of anilines is 2. The lowest BCUT2D eigenvalue weighted by Crippen LogP contribution is -2.27. The fraction of sp³-hybridized carbons (Fsp3) is 0.300. The van der Waals surface area contributed by atoms with Gasteiger partial charge in [-0.1, -0.05) is 12.1 Å². The van der Waals surface area contributed by atoms with Crippen LogP contribution in [0.3, 0.4) is 0 Å². The monoisotopic (exact) mass is 396 g/mol. The molecule has 0 spiro atoms. The first-order valence-corrected chi connectivity index (χ1v) is 9.13. The number of nitrogens with zero attached hydrogens (tertiary/aromatic N) is 4. The van der Waals surface area contributed by atoms with Crippen LogP contribution in [0.5, 0.6) is 0 Å². The number of amides is 2.